The number of aliphatic carboxylic acids is 1. The molecule has 1 rings (SSSR count). The third-order valence-corrected chi connectivity index (χ3v) is 2.64. The zero-order valence-corrected chi connectivity index (χ0v) is 8.68. The van der Waals surface area contributed by atoms with Gasteiger partial charge in [-0.3, -0.25) is 4.79 Å². The zero-order valence-electron chi connectivity index (χ0n) is 8.68. The second-order valence-electron chi connectivity index (χ2n) is 3.48. The Bertz CT molecular complexity index is 323. The highest BCUT2D eigenvalue weighted by atomic mass is 16.4. The number of nitrogens with two attached hydrogens (primary N) is 1. The standard InChI is InChI=1S/C10H15N3O2/c1-2-10(7-11,9(14)15)6-8-12-4-3-5-13-8/h3-5H,2,6-7,11H2,1H3,(H,14,15). The fourth-order valence-electron chi connectivity index (χ4n) is 1.38. The number of hydrogen-bond donors (Lipinski definition) is 2. The van der Waals surface area contributed by atoms with Crippen molar-refractivity contribution in [2.75, 3.05) is 6.54 Å². The van der Waals surface area contributed by atoms with Crippen molar-refractivity contribution in [3.05, 3.63) is 24.3 Å². The van der Waals surface area contributed by atoms with Crippen molar-refractivity contribution in [2.45, 2.75) is 19.8 Å². The number of carbonyl (C=O) groups is 1. The molecule has 1 aromatic heterocycles. The monoisotopic (exact) mass is 209 g/mol. The predicted molar refractivity (Wildman–Crippen MR) is 55.2 cm³/mol. The van der Waals surface area contributed by atoms with Crippen LogP contribution in [0.2, 0.25) is 0 Å². The molecule has 0 saturated heterocycles. The van der Waals surface area contributed by atoms with Gasteiger partial charge in [-0.25, -0.2) is 9.97 Å². The largest absolute Gasteiger partial charge is 0.481 e. The minimum absolute atomic E-state index is 0.0943. The number of carboxylic acids is 1. The number of carboxylic acid groups (broad SMARTS) is 1. The molecule has 3 N–H and O–H groups in total. The van der Waals surface area contributed by atoms with Gasteiger partial charge in [0.1, 0.15) is 5.82 Å². The lowest BCUT2D eigenvalue weighted by Gasteiger charge is -2.25. The molecule has 1 unspecified atom stereocenters. The van der Waals surface area contributed by atoms with Crippen molar-refractivity contribution >= 4 is 5.97 Å². The first-order valence-electron chi connectivity index (χ1n) is 4.84. The average molecular weight is 209 g/mol. The maximum atomic E-state index is 11.2. The summed E-state index contributed by atoms with van der Waals surface area (Å²) < 4.78 is 0. The van der Waals surface area contributed by atoms with Crippen LogP contribution in [0.4, 0.5) is 0 Å². The summed E-state index contributed by atoms with van der Waals surface area (Å²) in [6.07, 6.45) is 3.94. The molecule has 0 aliphatic rings. The molecule has 0 spiro atoms. The molecule has 0 aliphatic carbocycles. The fraction of sp³-hybridized carbons (Fsp3) is 0.500. The molecule has 0 fully saturated rings. The Morgan fingerprint density at radius 2 is 2.13 bits per heavy atom. The average Bonchev–Trinajstić information content (AvgIpc) is 2.27. The maximum absolute atomic E-state index is 11.2. The van der Waals surface area contributed by atoms with E-state index in [-0.39, 0.29) is 13.0 Å². The van der Waals surface area contributed by atoms with Crippen molar-refractivity contribution in [1.29, 1.82) is 0 Å². The lowest BCUT2D eigenvalue weighted by atomic mass is 9.81. The molecule has 0 saturated carbocycles. The molecular weight excluding hydrogens is 194 g/mol. The SMILES string of the molecule is CCC(CN)(Cc1ncccn1)C(=O)O. The molecule has 1 aromatic rings. The van der Waals surface area contributed by atoms with E-state index in [9.17, 15) is 4.79 Å². The Balaban J connectivity index is 2.89. The molecule has 0 aromatic carbocycles. The molecule has 15 heavy (non-hydrogen) atoms. The van der Waals surface area contributed by atoms with Crippen molar-refractivity contribution in [2.24, 2.45) is 11.1 Å². The van der Waals surface area contributed by atoms with E-state index in [1.807, 2.05) is 6.92 Å². The van der Waals surface area contributed by atoms with E-state index in [2.05, 4.69) is 9.97 Å². The van der Waals surface area contributed by atoms with Gasteiger partial charge in [-0.15, -0.1) is 0 Å². The van der Waals surface area contributed by atoms with Crippen LogP contribution in [0.25, 0.3) is 0 Å². The topological polar surface area (TPSA) is 89.1 Å². The summed E-state index contributed by atoms with van der Waals surface area (Å²) in [5.41, 5.74) is 4.59. The smallest absolute Gasteiger partial charge is 0.311 e. The lowest BCUT2D eigenvalue weighted by Crippen LogP contribution is -2.40. The van der Waals surface area contributed by atoms with Crippen molar-refractivity contribution < 1.29 is 9.90 Å². The molecule has 5 heteroatoms. The fourth-order valence-corrected chi connectivity index (χ4v) is 1.38. The van der Waals surface area contributed by atoms with E-state index in [1.54, 1.807) is 18.5 Å². The summed E-state index contributed by atoms with van der Waals surface area (Å²) >= 11 is 0. The van der Waals surface area contributed by atoms with Crippen molar-refractivity contribution in [1.82, 2.24) is 9.97 Å². The predicted octanol–water partition coefficient (Wildman–Crippen LogP) is 0.459. The highest BCUT2D eigenvalue weighted by Crippen LogP contribution is 2.24. The number of aromatic nitrogens is 2. The summed E-state index contributed by atoms with van der Waals surface area (Å²) in [5.74, 6) is -0.368. The highest BCUT2D eigenvalue weighted by Gasteiger charge is 2.36. The summed E-state index contributed by atoms with van der Waals surface area (Å²) in [4.78, 5) is 19.2. The third-order valence-electron chi connectivity index (χ3n) is 2.64. The Hall–Kier alpha value is -1.49. The van der Waals surface area contributed by atoms with Gasteiger partial charge in [0.15, 0.2) is 0 Å². The molecule has 1 atom stereocenters. The van der Waals surface area contributed by atoms with Gasteiger partial charge in [-0.05, 0) is 12.5 Å². The van der Waals surface area contributed by atoms with E-state index in [1.165, 1.54) is 0 Å². The molecule has 5 nitrogen and oxygen atoms in total. The van der Waals surface area contributed by atoms with Gasteiger partial charge in [-0.2, -0.15) is 0 Å². The van der Waals surface area contributed by atoms with Crippen LogP contribution >= 0.6 is 0 Å². The van der Waals surface area contributed by atoms with Crippen LogP contribution < -0.4 is 5.73 Å². The summed E-state index contributed by atoms with van der Waals surface area (Å²) in [6, 6.07) is 1.69. The van der Waals surface area contributed by atoms with Gasteiger partial charge >= 0.3 is 5.97 Å². The van der Waals surface area contributed by atoms with Crippen molar-refractivity contribution in [3.8, 4) is 0 Å². The second-order valence-corrected chi connectivity index (χ2v) is 3.48. The summed E-state index contributed by atoms with van der Waals surface area (Å²) in [7, 11) is 0. The minimum atomic E-state index is -0.943. The Kier molecular flexibility index (Phi) is 3.74. The van der Waals surface area contributed by atoms with E-state index in [0.29, 0.717) is 12.2 Å². The van der Waals surface area contributed by atoms with E-state index in [4.69, 9.17) is 10.8 Å². The van der Waals surface area contributed by atoms with Crippen LogP contribution in [0.1, 0.15) is 19.2 Å². The first-order chi connectivity index (χ1) is 7.14. The van der Waals surface area contributed by atoms with Crippen LogP contribution in [0.15, 0.2) is 18.5 Å². The minimum Gasteiger partial charge on any atom is -0.481 e. The maximum Gasteiger partial charge on any atom is 0.311 e. The van der Waals surface area contributed by atoms with E-state index < -0.39 is 11.4 Å². The second kappa shape index (κ2) is 4.84. The molecule has 1 heterocycles. The van der Waals surface area contributed by atoms with Crippen LogP contribution in [0.3, 0.4) is 0 Å². The number of hydrogen-bond acceptors (Lipinski definition) is 4. The van der Waals surface area contributed by atoms with Gasteiger partial charge in [-0.1, -0.05) is 6.92 Å². The van der Waals surface area contributed by atoms with Gasteiger partial charge in [0.2, 0.25) is 0 Å². The Morgan fingerprint density at radius 1 is 1.53 bits per heavy atom. The summed E-state index contributed by atoms with van der Waals surface area (Å²) in [5, 5.41) is 9.15. The van der Waals surface area contributed by atoms with Gasteiger partial charge in [0.05, 0.1) is 5.41 Å². The normalized spacial score (nSPS) is 14.5. The summed E-state index contributed by atoms with van der Waals surface area (Å²) in [6.45, 7) is 1.90. The molecular formula is C10H15N3O2. The Morgan fingerprint density at radius 3 is 2.53 bits per heavy atom. The van der Waals surface area contributed by atoms with Gasteiger partial charge in [0.25, 0.3) is 0 Å². The molecule has 0 bridgehead atoms. The first kappa shape index (κ1) is 11.6. The molecule has 0 amide bonds. The number of nitrogens with zero attached hydrogens (tertiary/aromatic N) is 2. The van der Waals surface area contributed by atoms with Crippen LogP contribution in [0, 0.1) is 5.41 Å². The lowest BCUT2D eigenvalue weighted by molar-refractivity contribution is -0.148. The molecule has 82 valence electrons. The molecule has 0 aliphatic heterocycles. The third kappa shape index (κ3) is 2.50. The quantitative estimate of drug-likeness (QED) is 0.735. The highest BCUT2D eigenvalue weighted by molar-refractivity contribution is 5.75. The van der Waals surface area contributed by atoms with Gasteiger partial charge < -0.3 is 10.8 Å². The molecule has 0 radical (unpaired) electrons. The van der Waals surface area contributed by atoms with Crippen LogP contribution in [0.5, 0.6) is 0 Å². The Labute approximate surface area is 88.4 Å². The van der Waals surface area contributed by atoms with E-state index >= 15 is 0 Å². The zero-order chi connectivity index (χ0) is 11.3. The van der Waals surface area contributed by atoms with Crippen molar-refractivity contribution in [3.63, 3.8) is 0 Å². The first-order valence-corrected chi connectivity index (χ1v) is 4.84. The van der Waals surface area contributed by atoms with E-state index in [0.717, 1.165) is 0 Å². The van der Waals surface area contributed by atoms with Crippen LogP contribution in [-0.2, 0) is 11.2 Å². The van der Waals surface area contributed by atoms with Crippen LogP contribution in [-0.4, -0.2) is 27.6 Å². The number of rotatable bonds is 5. The van der Waals surface area contributed by atoms with Gasteiger partial charge in [0, 0.05) is 25.4 Å².